The van der Waals surface area contributed by atoms with E-state index >= 15 is 0 Å². The lowest BCUT2D eigenvalue weighted by Crippen LogP contribution is -2.29. The Morgan fingerprint density at radius 2 is 1.79 bits per heavy atom. The lowest BCUT2D eigenvalue weighted by atomic mass is 9.95. The molecule has 0 spiro atoms. The third-order valence-electron chi connectivity index (χ3n) is 6.15. The van der Waals surface area contributed by atoms with Crippen LogP contribution in [0.25, 0.3) is 5.76 Å². The second-order valence-corrected chi connectivity index (χ2v) is 9.27. The van der Waals surface area contributed by atoms with Gasteiger partial charge >= 0.3 is 5.91 Å². The van der Waals surface area contributed by atoms with E-state index in [0.29, 0.717) is 40.1 Å². The predicted molar refractivity (Wildman–Crippen MR) is 144 cm³/mol. The summed E-state index contributed by atoms with van der Waals surface area (Å²) in [6.45, 7) is 0.337. The van der Waals surface area contributed by atoms with Crippen LogP contribution in [-0.2, 0) is 16.2 Å². The number of hydrogen-bond donors (Lipinski definition) is 1. The fourth-order valence-corrected chi connectivity index (χ4v) is 4.98. The lowest BCUT2D eigenvalue weighted by Gasteiger charge is -2.24. The molecule has 1 saturated heterocycles. The van der Waals surface area contributed by atoms with Gasteiger partial charge in [-0.1, -0.05) is 48.5 Å². The van der Waals surface area contributed by atoms with Crippen molar-refractivity contribution in [1.82, 2.24) is 4.98 Å². The number of thiazole rings is 1. The van der Waals surface area contributed by atoms with Gasteiger partial charge in [0.15, 0.2) is 16.6 Å². The number of nitrogens with zero attached hydrogens (tertiary/aromatic N) is 2. The van der Waals surface area contributed by atoms with Crippen LogP contribution >= 0.6 is 11.3 Å². The van der Waals surface area contributed by atoms with Gasteiger partial charge in [0.25, 0.3) is 5.78 Å². The maximum Gasteiger partial charge on any atom is 0.301 e. The summed E-state index contributed by atoms with van der Waals surface area (Å²) < 4.78 is 16.9. The molecule has 1 atom stereocenters. The van der Waals surface area contributed by atoms with Crippen LogP contribution in [0.15, 0.2) is 89.9 Å². The van der Waals surface area contributed by atoms with Gasteiger partial charge < -0.3 is 19.3 Å². The standard InChI is InChI=1S/C29H24N2O6S/c1-35-21-10-6-9-20(15-21)26(32)24-25(31(28(34)27(24)33)29-30-13-14-38-29)19-11-12-22(23(16-19)36-2)37-17-18-7-4-3-5-8-18/h3-16,25,32H,17H2,1-2H3/b26-24+. The third-order valence-corrected chi connectivity index (χ3v) is 6.92. The number of amides is 1. The number of Topliss-reactive ketones (excluding diaryl/α,β-unsaturated/α-hetero) is 1. The largest absolute Gasteiger partial charge is 0.507 e. The first kappa shape index (κ1) is 25.0. The average molecular weight is 529 g/mol. The molecular weight excluding hydrogens is 504 g/mol. The third kappa shape index (κ3) is 4.71. The molecule has 192 valence electrons. The van der Waals surface area contributed by atoms with Gasteiger partial charge in [-0.15, -0.1) is 11.3 Å². The Bertz CT molecular complexity index is 1500. The molecule has 4 aromatic rings. The molecule has 1 unspecified atom stereocenters. The Kier molecular flexibility index (Phi) is 7.10. The minimum atomic E-state index is -0.940. The maximum atomic E-state index is 13.3. The van der Waals surface area contributed by atoms with E-state index in [1.807, 2.05) is 30.3 Å². The summed E-state index contributed by atoms with van der Waals surface area (Å²) in [7, 11) is 3.02. The Hall–Kier alpha value is -4.63. The van der Waals surface area contributed by atoms with E-state index in [9.17, 15) is 14.7 Å². The number of hydrogen-bond acceptors (Lipinski definition) is 8. The summed E-state index contributed by atoms with van der Waals surface area (Å²) in [5.74, 6) is -0.480. The van der Waals surface area contributed by atoms with Crippen LogP contribution < -0.4 is 19.1 Å². The number of rotatable bonds is 8. The summed E-state index contributed by atoms with van der Waals surface area (Å²) in [4.78, 5) is 32.2. The van der Waals surface area contributed by atoms with Gasteiger partial charge in [0.1, 0.15) is 18.1 Å². The van der Waals surface area contributed by atoms with E-state index in [0.717, 1.165) is 5.56 Å². The van der Waals surface area contributed by atoms with E-state index in [1.165, 1.54) is 30.5 Å². The van der Waals surface area contributed by atoms with Gasteiger partial charge in [-0.3, -0.25) is 14.5 Å². The Balaban J connectivity index is 1.60. The van der Waals surface area contributed by atoms with Crippen molar-refractivity contribution in [2.75, 3.05) is 19.1 Å². The number of aliphatic hydroxyl groups is 1. The first-order chi connectivity index (χ1) is 18.5. The highest BCUT2D eigenvalue weighted by Crippen LogP contribution is 2.44. The number of aromatic nitrogens is 1. The highest BCUT2D eigenvalue weighted by atomic mass is 32.1. The first-order valence-electron chi connectivity index (χ1n) is 11.7. The SMILES string of the molecule is COc1cccc(/C(O)=C2\C(=O)C(=O)N(c3nccs3)C2c2ccc(OCc3ccccc3)c(OC)c2)c1. The maximum absolute atomic E-state index is 13.3. The molecule has 38 heavy (non-hydrogen) atoms. The molecule has 1 aliphatic rings. The summed E-state index contributed by atoms with van der Waals surface area (Å²) in [5, 5.41) is 13.4. The van der Waals surface area contributed by atoms with Crippen LogP contribution in [0.4, 0.5) is 5.13 Å². The van der Waals surface area contributed by atoms with Gasteiger partial charge in [0, 0.05) is 17.1 Å². The van der Waals surface area contributed by atoms with Crippen LogP contribution in [0.1, 0.15) is 22.7 Å². The monoisotopic (exact) mass is 528 g/mol. The van der Waals surface area contributed by atoms with Gasteiger partial charge in [0.2, 0.25) is 0 Å². The van der Waals surface area contributed by atoms with Crippen molar-refractivity contribution >= 4 is 33.9 Å². The molecular formula is C29H24N2O6S. The summed E-state index contributed by atoms with van der Waals surface area (Å²) in [6.07, 6.45) is 1.56. The highest BCUT2D eigenvalue weighted by molar-refractivity contribution is 7.14. The van der Waals surface area contributed by atoms with Crippen LogP contribution in [0.3, 0.4) is 0 Å². The zero-order chi connectivity index (χ0) is 26.6. The Morgan fingerprint density at radius 3 is 2.50 bits per heavy atom. The average Bonchev–Trinajstić information content (AvgIpc) is 3.58. The summed E-state index contributed by atoms with van der Waals surface area (Å²) in [5.41, 5.74) is 1.83. The first-order valence-corrected chi connectivity index (χ1v) is 12.6. The molecule has 8 nitrogen and oxygen atoms in total. The number of benzene rings is 3. The summed E-state index contributed by atoms with van der Waals surface area (Å²) >= 11 is 1.22. The Labute approximate surface area is 223 Å². The van der Waals surface area contributed by atoms with Gasteiger partial charge in [-0.2, -0.15) is 0 Å². The summed E-state index contributed by atoms with van der Waals surface area (Å²) in [6, 6.07) is 20.6. The normalized spacial score (nSPS) is 16.5. The minimum absolute atomic E-state index is 0.0570. The fraction of sp³-hybridized carbons (Fsp3) is 0.138. The number of ether oxygens (including phenoxy) is 3. The van der Waals surface area contributed by atoms with Crippen LogP contribution in [0.2, 0.25) is 0 Å². The van der Waals surface area contributed by atoms with Crippen LogP contribution in [-0.4, -0.2) is 36.0 Å². The van der Waals surface area contributed by atoms with E-state index < -0.39 is 17.7 Å². The molecule has 1 aliphatic heterocycles. The van der Waals surface area contributed by atoms with Gasteiger partial charge in [-0.05, 0) is 35.4 Å². The molecule has 0 radical (unpaired) electrons. The molecule has 0 bridgehead atoms. The van der Waals surface area contributed by atoms with E-state index in [1.54, 1.807) is 54.0 Å². The van der Waals surface area contributed by atoms with E-state index in [4.69, 9.17) is 14.2 Å². The quantitative estimate of drug-likeness (QED) is 0.187. The molecule has 1 fully saturated rings. The van der Waals surface area contributed by atoms with Crippen molar-refractivity contribution in [3.63, 3.8) is 0 Å². The highest BCUT2D eigenvalue weighted by Gasteiger charge is 2.48. The predicted octanol–water partition coefficient (Wildman–Crippen LogP) is 5.37. The zero-order valence-electron chi connectivity index (χ0n) is 20.7. The van der Waals surface area contributed by atoms with Crippen molar-refractivity contribution in [1.29, 1.82) is 0 Å². The topological polar surface area (TPSA) is 98.2 Å². The number of carbonyl (C=O) groups is 2. The van der Waals surface area contributed by atoms with E-state index in [-0.39, 0.29) is 11.3 Å². The van der Waals surface area contributed by atoms with Crippen LogP contribution in [0.5, 0.6) is 17.2 Å². The molecule has 0 saturated carbocycles. The smallest absolute Gasteiger partial charge is 0.301 e. The molecule has 3 aromatic carbocycles. The fourth-order valence-electron chi connectivity index (χ4n) is 4.31. The molecule has 1 aromatic heterocycles. The number of anilines is 1. The second kappa shape index (κ2) is 10.8. The van der Waals surface area contributed by atoms with Crippen molar-refractivity contribution < 1.29 is 28.9 Å². The van der Waals surface area contributed by atoms with Crippen molar-refractivity contribution in [2.45, 2.75) is 12.6 Å². The number of ketones is 1. The molecule has 1 amide bonds. The lowest BCUT2D eigenvalue weighted by molar-refractivity contribution is -0.132. The number of methoxy groups -OCH3 is 2. The molecule has 9 heteroatoms. The van der Waals surface area contributed by atoms with Crippen LogP contribution in [0, 0.1) is 0 Å². The number of aliphatic hydroxyl groups excluding tert-OH is 1. The number of carbonyl (C=O) groups excluding carboxylic acids is 2. The van der Waals surface area contributed by atoms with Gasteiger partial charge in [-0.25, -0.2) is 4.98 Å². The Morgan fingerprint density at radius 1 is 0.974 bits per heavy atom. The van der Waals surface area contributed by atoms with E-state index in [2.05, 4.69) is 4.98 Å². The molecule has 1 N–H and O–H groups in total. The van der Waals surface area contributed by atoms with Crippen molar-refractivity contribution in [3.05, 3.63) is 107 Å². The molecule has 2 heterocycles. The van der Waals surface area contributed by atoms with Crippen molar-refractivity contribution in [3.8, 4) is 17.2 Å². The minimum Gasteiger partial charge on any atom is -0.507 e. The van der Waals surface area contributed by atoms with Crippen molar-refractivity contribution in [2.24, 2.45) is 0 Å². The van der Waals surface area contributed by atoms with Gasteiger partial charge in [0.05, 0.1) is 25.8 Å². The molecule has 5 rings (SSSR count). The second-order valence-electron chi connectivity index (χ2n) is 8.40. The zero-order valence-corrected chi connectivity index (χ0v) is 21.5. The molecule has 0 aliphatic carbocycles.